The molecule has 6 nitrogen and oxygen atoms in total. The van der Waals surface area contributed by atoms with Gasteiger partial charge in [-0.2, -0.15) is 0 Å². The first kappa shape index (κ1) is 18.3. The Kier molecular flexibility index (Phi) is 5.43. The van der Waals surface area contributed by atoms with Crippen molar-refractivity contribution in [2.75, 3.05) is 10.6 Å². The summed E-state index contributed by atoms with van der Waals surface area (Å²) < 4.78 is 0. The number of carbonyl (C=O) groups excluding carboxylic acids is 2. The zero-order valence-corrected chi connectivity index (χ0v) is 16.1. The van der Waals surface area contributed by atoms with Crippen molar-refractivity contribution in [1.29, 1.82) is 0 Å². The first-order valence-corrected chi connectivity index (χ1v) is 10.1. The van der Waals surface area contributed by atoms with Gasteiger partial charge in [-0.25, -0.2) is 4.98 Å². The number of nitrogens with one attached hydrogen (secondary N) is 2. The van der Waals surface area contributed by atoms with Crippen LogP contribution in [0.2, 0.25) is 0 Å². The van der Waals surface area contributed by atoms with Crippen molar-refractivity contribution in [3.05, 3.63) is 70.5 Å². The highest BCUT2D eigenvalue weighted by Crippen LogP contribution is 2.29. The Balaban J connectivity index is 1.39. The predicted octanol–water partition coefficient (Wildman–Crippen LogP) is 4.31. The van der Waals surface area contributed by atoms with E-state index in [0.29, 0.717) is 22.1 Å². The number of nitrogens with zero attached hydrogens (tertiary/aromatic N) is 2. The molecule has 0 saturated carbocycles. The molecule has 0 aliphatic heterocycles. The topological polar surface area (TPSA) is 84.0 Å². The van der Waals surface area contributed by atoms with E-state index in [1.807, 2.05) is 0 Å². The van der Waals surface area contributed by atoms with Crippen molar-refractivity contribution in [3.63, 3.8) is 0 Å². The lowest BCUT2D eigenvalue weighted by Gasteiger charge is -2.06. The van der Waals surface area contributed by atoms with E-state index in [4.69, 9.17) is 0 Å². The number of rotatable bonds is 4. The third kappa shape index (κ3) is 4.26. The number of benzene rings is 1. The van der Waals surface area contributed by atoms with Crippen molar-refractivity contribution < 1.29 is 9.59 Å². The van der Waals surface area contributed by atoms with E-state index in [9.17, 15) is 9.59 Å². The maximum atomic E-state index is 12.5. The zero-order valence-electron chi connectivity index (χ0n) is 15.3. The van der Waals surface area contributed by atoms with Gasteiger partial charge in [0, 0.05) is 22.3 Å². The average Bonchev–Trinajstić information content (AvgIpc) is 2.97. The highest BCUT2D eigenvalue weighted by atomic mass is 32.1. The van der Waals surface area contributed by atoms with Crippen molar-refractivity contribution in [2.24, 2.45) is 0 Å². The lowest BCUT2D eigenvalue weighted by molar-refractivity contribution is 0.101. The number of aryl methyl sites for hydroxylation is 2. The van der Waals surface area contributed by atoms with Crippen LogP contribution in [0, 0.1) is 0 Å². The third-order valence-electron chi connectivity index (χ3n) is 4.62. The summed E-state index contributed by atoms with van der Waals surface area (Å²) in [5.41, 5.74) is 2.59. The molecule has 3 aromatic rings. The van der Waals surface area contributed by atoms with Crippen LogP contribution >= 0.6 is 11.3 Å². The van der Waals surface area contributed by atoms with E-state index >= 15 is 0 Å². The number of aromatic nitrogens is 2. The largest absolute Gasteiger partial charge is 0.321 e. The van der Waals surface area contributed by atoms with Crippen LogP contribution in [0.25, 0.3) is 0 Å². The van der Waals surface area contributed by atoms with Gasteiger partial charge in [0.1, 0.15) is 5.69 Å². The molecule has 0 bridgehead atoms. The number of pyridine rings is 1. The summed E-state index contributed by atoms with van der Waals surface area (Å²) in [6.45, 7) is 0. The molecule has 7 heteroatoms. The summed E-state index contributed by atoms with van der Waals surface area (Å²) in [6.07, 6.45) is 7.21. The van der Waals surface area contributed by atoms with Crippen LogP contribution in [-0.4, -0.2) is 21.8 Å². The first-order valence-electron chi connectivity index (χ1n) is 9.31. The molecule has 142 valence electrons. The SMILES string of the molecule is O=C(Nc1nc2c(s1)CCCCC2)c1ccc(NC(=O)c2ccccn2)cc1. The fraction of sp³-hybridized carbons (Fsp3) is 0.238. The van der Waals surface area contributed by atoms with Crippen molar-refractivity contribution in [2.45, 2.75) is 32.1 Å². The molecule has 2 heterocycles. The number of hydrogen-bond acceptors (Lipinski definition) is 5. The lowest BCUT2D eigenvalue weighted by atomic mass is 10.2. The van der Waals surface area contributed by atoms with Gasteiger partial charge in [0.05, 0.1) is 5.69 Å². The normalized spacial score (nSPS) is 13.3. The van der Waals surface area contributed by atoms with Crippen LogP contribution in [-0.2, 0) is 12.8 Å². The van der Waals surface area contributed by atoms with Gasteiger partial charge in [0.25, 0.3) is 11.8 Å². The maximum Gasteiger partial charge on any atom is 0.274 e. The van der Waals surface area contributed by atoms with Gasteiger partial charge >= 0.3 is 0 Å². The molecule has 2 N–H and O–H groups in total. The monoisotopic (exact) mass is 392 g/mol. The molecule has 0 saturated heterocycles. The van der Waals surface area contributed by atoms with E-state index in [0.717, 1.165) is 25.0 Å². The van der Waals surface area contributed by atoms with Crippen LogP contribution in [0.3, 0.4) is 0 Å². The number of fused-ring (bicyclic) bond motifs is 1. The zero-order chi connectivity index (χ0) is 19.3. The first-order chi connectivity index (χ1) is 13.7. The van der Waals surface area contributed by atoms with Crippen molar-refractivity contribution >= 4 is 34.0 Å². The third-order valence-corrected chi connectivity index (χ3v) is 5.69. The van der Waals surface area contributed by atoms with Crippen LogP contribution in [0.1, 0.15) is 50.7 Å². The second kappa shape index (κ2) is 8.31. The Morgan fingerprint density at radius 2 is 1.71 bits per heavy atom. The van der Waals surface area contributed by atoms with Gasteiger partial charge in [-0.05, 0) is 62.1 Å². The van der Waals surface area contributed by atoms with Crippen LogP contribution in [0.5, 0.6) is 0 Å². The van der Waals surface area contributed by atoms with E-state index in [2.05, 4.69) is 20.6 Å². The molecule has 0 radical (unpaired) electrons. The minimum absolute atomic E-state index is 0.202. The maximum absolute atomic E-state index is 12.5. The average molecular weight is 392 g/mol. The quantitative estimate of drug-likeness (QED) is 0.648. The summed E-state index contributed by atoms with van der Waals surface area (Å²) in [4.78, 5) is 34.5. The van der Waals surface area contributed by atoms with E-state index in [1.165, 1.54) is 17.7 Å². The van der Waals surface area contributed by atoms with Crippen LogP contribution in [0.4, 0.5) is 10.8 Å². The minimum Gasteiger partial charge on any atom is -0.321 e. The summed E-state index contributed by atoms with van der Waals surface area (Å²) in [7, 11) is 0. The summed E-state index contributed by atoms with van der Waals surface area (Å²) >= 11 is 1.57. The standard InChI is InChI=1S/C21H20N4O2S/c26-19(25-21-24-16-6-2-1-3-8-18(16)28-21)14-9-11-15(12-10-14)23-20(27)17-7-4-5-13-22-17/h4-5,7,9-13H,1-3,6,8H2,(H,23,27)(H,24,25,26). The number of amides is 2. The molecule has 1 aliphatic carbocycles. The predicted molar refractivity (Wildman–Crippen MR) is 110 cm³/mol. The molecular weight excluding hydrogens is 372 g/mol. The highest BCUT2D eigenvalue weighted by molar-refractivity contribution is 7.15. The molecule has 2 amide bonds. The fourth-order valence-corrected chi connectivity index (χ4v) is 4.19. The molecule has 1 aliphatic rings. The van der Waals surface area contributed by atoms with Gasteiger partial charge in [0.15, 0.2) is 5.13 Å². The number of thiazole rings is 1. The minimum atomic E-state index is -0.290. The van der Waals surface area contributed by atoms with E-state index in [1.54, 1.807) is 60.0 Å². The summed E-state index contributed by atoms with van der Waals surface area (Å²) in [5.74, 6) is -0.492. The Bertz CT molecular complexity index is 960. The Morgan fingerprint density at radius 1 is 0.893 bits per heavy atom. The molecular formula is C21H20N4O2S. The second-order valence-electron chi connectivity index (χ2n) is 6.65. The Morgan fingerprint density at radius 3 is 2.50 bits per heavy atom. The molecule has 0 fully saturated rings. The van der Waals surface area contributed by atoms with Crippen LogP contribution in [0.15, 0.2) is 48.7 Å². The van der Waals surface area contributed by atoms with Gasteiger partial charge in [-0.1, -0.05) is 12.5 Å². The summed E-state index contributed by atoms with van der Waals surface area (Å²) in [5, 5.41) is 6.32. The van der Waals surface area contributed by atoms with E-state index < -0.39 is 0 Å². The van der Waals surface area contributed by atoms with Gasteiger partial charge in [-0.3, -0.25) is 19.9 Å². The number of carbonyl (C=O) groups is 2. The molecule has 0 spiro atoms. The lowest BCUT2D eigenvalue weighted by Crippen LogP contribution is -2.14. The molecule has 1 aromatic carbocycles. The van der Waals surface area contributed by atoms with Gasteiger partial charge in [-0.15, -0.1) is 11.3 Å². The van der Waals surface area contributed by atoms with E-state index in [-0.39, 0.29) is 11.8 Å². The molecule has 4 rings (SSSR count). The second-order valence-corrected chi connectivity index (χ2v) is 7.73. The van der Waals surface area contributed by atoms with Gasteiger partial charge < -0.3 is 5.32 Å². The fourth-order valence-electron chi connectivity index (χ4n) is 3.15. The highest BCUT2D eigenvalue weighted by Gasteiger charge is 2.16. The van der Waals surface area contributed by atoms with Crippen LogP contribution < -0.4 is 10.6 Å². The van der Waals surface area contributed by atoms with Gasteiger partial charge in [0.2, 0.25) is 0 Å². The summed E-state index contributed by atoms with van der Waals surface area (Å²) in [6, 6.07) is 11.9. The molecule has 2 aromatic heterocycles. The van der Waals surface area contributed by atoms with Crippen molar-refractivity contribution in [3.8, 4) is 0 Å². The number of anilines is 2. The Hall–Kier alpha value is -3.06. The Labute approximate surface area is 167 Å². The molecule has 0 unspecified atom stereocenters. The smallest absolute Gasteiger partial charge is 0.274 e. The number of hydrogen-bond donors (Lipinski definition) is 2. The molecule has 0 atom stereocenters. The molecule has 28 heavy (non-hydrogen) atoms. The van der Waals surface area contributed by atoms with Crippen molar-refractivity contribution in [1.82, 2.24) is 9.97 Å².